The van der Waals surface area contributed by atoms with Crippen molar-refractivity contribution in [3.05, 3.63) is 58.6 Å². The Hall–Kier alpha value is -2.00. The molecule has 1 N–H and O–H groups in total. The van der Waals surface area contributed by atoms with E-state index in [2.05, 4.69) is 17.5 Å². The van der Waals surface area contributed by atoms with Crippen LogP contribution in [0.15, 0.2) is 47.6 Å². The summed E-state index contributed by atoms with van der Waals surface area (Å²) < 4.78 is 5.73. The molecule has 0 saturated heterocycles. The van der Waals surface area contributed by atoms with Gasteiger partial charge in [0, 0.05) is 5.02 Å². The van der Waals surface area contributed by atoms with E-state index >= 15 is 0 Å². The normalized spacial score (nSPS) is 11.0. The molecule has 0 radical (unpaired) electrons. The maximum Gasteiger partial charge on any atom is 0.119 e. The van der Waals surface area contributed by atoms with Crippen LogP contribution in [0.1, 0.15) is 43.7 Å². The zero-order valence-corrected chi connectivity index (χ0v) is 15.1. The minimum atomic E-state index is 0.732. The molecule has 4 heteroatoms. The van der Waals surface area contributed by atoms with E-state index in [9.17, 15) is 0 Å². The van der Waals surface area contributed by atoms with Crippen molar-refractivity contribution in [2.75, 3.05) is 12.0 Å². The van der Waals surface area contributed by atoms with Crippen LogP contribution in [0.2, 0.25) is 5.02 Å². The monoisotopic (exact) mass is 344 g/mol. The molecule has 0 unspecified atom stereocenters. The van der Waals surface area contributed by atoms with Crippen LogP contribution < -0.4 is 10.2 Å². The molecule has 24 heavy (non-hydrogen) atoms. The molecule has 0 amide bonds. The third-order valence-electron chi connectivity index (χ3n) is 3.73. The number of ether oxygens (including phenoxy) is 1. The van der Waals surface area contributed by atoms with Crippen molar-refractivity contribution < 1.29 is 4.74 Å². The summed E-state index contributed by atoms with van der Waals surface area (Å²) in [5, 5.41) is 4.97. The van der Waals surface area contributed by atoms with Crippen LogP contribution >= 0.6 is 11.6 Å². The zero-order chi connectivity index (χ0) is 17.2. The summed E-state index contributed by atoms with van der Waals surface area (Å²) in [5.74, 6) is 0.905. The summed E-state index contributed by atoms with van der Waals surface area (Å²) in [5.41, 5.74) is 5.92. The van der Waals surface area contributed by atoms with Gasteiger partial charge < -0.3 is 4.74 Å². The first-order chi connectivity index (χ1) is 11.7. The smallest absolute Gasteiger partial charge is 0.119 e. The van der Waals surface area contributed by atoms with E-state index in [0.29, 0.717) is 0 Å². The van der Waals surface area contributed by atoms with Crippen LogP contribution in [0.25, 0.3) is 0 Å². The van der Waals surface area contributed by atoms with E-state index < -0.39 is 0 Å². The highest BCUT2D eigenvalue weighted by molar-refractivity contribution is 6.31. The number of benzene rings is 2. The average molecular weight is 345 g/mol. The van der Waals surface area contributed by atoms with Gasteiger partial charge in [0.1, 0.15) is 5.75 Å². The van der Waals surface area contributed by atoms with Gasteiger partial charge in [0.2, 0.25) is 0 Å². The van der Waals surface area contributed by atoms with Gasteiger partial charge in [-0.15, -0.1) is 0 Å². The van der Waals surface area contributed by atoms with Gasteiger partial charge in [-0.05, 0) is 60.9 Å². The summed E-state index contributed by atoms with van der Waals surface area (Å²) in [4.78, 5) is 0. The summed E-state index contributed by atoms with van der Waals surface area (Å²) in [6.07, 6.45) is 6.64. The van der Waals surface area contributed by atoms with Gasteiger partial charge in [0.15, 0.2) is 0 Å². The lowest BCUT2D eigenvalue weighted by Crippen LogP contribution is -1.97. The summed E-state index contributed by atoms with van der Waals surface area (Å²) in [7, 11) is 0. The minimum absolute atomic E-state index is 0.732. The Morgan fingerprint density at radius 1 is 1.08 bits per heavy atom. The standard InChI is InChI=1S/C20H25ClN2O/c1-3-4-5-6-13-24-19-11-8-17(9-12-19)15-22-23-18-10-7-16(2)20(21)14-18/h7-12,14-15,23H,3-6,13H2,1-2H3. The number of anilines is 1. The van der Waals surface area contributed by atoms with E-state index in [1.807, 2.05) is 49.4 Å². The second-order valence-corrected chi connectivity index (χ2v) is 6.22. The maximum absolute atomic E-state index is 6.09. The van der Waals surface area contributed by atoms with Crippen molar-refractivity contribution in [3.63, 3.8) is 0 Å². The third-order valence-corrected chi connectivity index (χ3v) is 4.13. The second-order valence-electron chi connectivity index (χ2n) is 5.81. The summed E-state index contributed by atoms with van der Waals surface area (Å²) >= 11 is 6.09. The minimum Gasteiger partial charge on any atom is -0.494 e. The predicted octanol–water partition coefficient (Wildman–Crippen LogP) is 6.05. The Kier molecular flexibility index (Phi) is 7.63. The number of unbranched alkanes of at least 4 members (excludes halogenated alkanes) is 3. The van der Waals surface area contributed by atoms with Crippen molar-refractivity contribution in [3.8, 4) is 5.75 Å². The first-order valence-corrected chi connectivity index (χ1v) is 8.85. The molecule has 0 atom stereocenters. The van der Waals surface area contributed by atoms with Gasteiger partial charge >= 0.3 is 0 Å². The molecular weight excluding hydrogens is 320 g/mol. The molecule has 2 rings (SSSR count). The van der Waals surface area contributed by atoms with E-state index in [0.717, 1.165) is 40.6 Å². The molecule has 0 spiro atoms. The number of halogens is 1. The number of aryl methyl sites for hydroxylation is 1. The summed E-state index contributed by atoms with van der Waals surface area (Å²) in [6, 6.07) is 13.7. The molecule has 0 saturated carbocycles. The molecule has 2 aromatic rings. The third kappa shape index (κ3) is 6.25. The fourth-order valence-corrected chi connectivity index (χ4v) is 2.39. The maximum atomic E-state index is 6.09. The lowest BCUT2D eigenvalue weighted by atomic mass is 10.2. The molecule has 0 aromatic heterocycles. The number of rotatable bonds is 9. The molecule has 0 heterocycles. The molecular formula is C20H25ClN2O. The number of nitrogens with one attached hydrogen (secondary N) is 1. The first kappa shape index (κ1) is 18.3. The van der Waals surface area contributed by atoms with Crippen molar-refractivity contribution >= 4 is 23.5 Å². The van der Waals surface area contributed by atoms with Crippen molar-refractivity contribution in [1.29, 1.82) is 0 Å². The Morgan fingerprint density at radius 2 is 1.88 bits per heavy atom. The van der Waals surface area contributed by atoms with Crippen molar-refractivity contribution in [1.82, 2.24) is 0 Å². The molecule has 0 aliphatic carbocycles. The van der Waals surface area contributed by atoms with E-state index in [-0.39, 0.29) is 0 Å². The highest BCUT2D eigenvalue weighted by atomic mass is 35.5. The molecule has 0 aliphatic heterocycles. The number of nitrogens with zero attached hydrogens (tertiary/aromatic N) is 1. The Labute approximate surface area is 149 Å². The Balaban J connectivity index is 1.79. The lowest BCUT2D eigenvalue weighted by Gasteiger charge is -2.06. The molecule has 2 aromatic carbocycles. The largest absolute Gasteiger partial charge is 0.494 e. The van der Waals surface area contributed by atoms with E-state index in [4.69, 9.17) is 16.3 Å². The predicted molar refractivity (Wildman–Crippen MR) is 103 cm³/mol. The Bertz CT molecular complexity index is 653. The van der Waals surface area contributed by atoms with Crippen LogP contribution in [0.5, 0.6) is 5.75 Å². The molecule has 0 bridgehead atoms. The van der Waals surface area contributed by atoms with E-state index in [1.54, 1.807) is 6.21 Å². The molecule has 0 fully saturated rings. The van der Waals surface area contributed by atoms with Crippen molar-refractivity contribution in [2.45, 2.75) is 39.5 Å². The number of hydrazone groups is 1. The lowest BCUT2D eigenvalue weighted by molar-refractivity contribution is 0.305. The van der Waals surface area contributed by atoms with Crippen LogP contribution in [0.4, 0.5) is 5.69 Å². The van der Waals surface area contributed by atoms with Crippen LogP contribution in [0.3, 0.4) is 0 Å². The number of hydrogen-bond donors (Lipinski definition) is 1. The number of hydrogen-bond acceptors (Lipinski definition) is 3. The van der Waals surface area contributed by atoms with Gasteiger partial charge in [-0.2, -0.15) is 5.10 Å². The second kappa shape index (κ2) is 9.99. The fraction of sp³-hybridized carbons (Fsp3) is 0.350. The topological polar surface area (TPSA) is 33.6 Å². The van der Waals surface area contributed by atoms with Gasteiger partial charge in [-0.25, -0.2) is 0 Å². The zero-order valence-electron chi connectivity index (χ0n) is 14.4. The van der Waals surface area contributed by atoms with Gasteiger partial charge in [0.05, 0.1) is 18.5 Å². The quantitative estimate of drug-likeness (QED) is 0.341. The highest BCUT2D eigenvalue weighted by Gasteiger charge is 1.97. The van der Waals surface area contributed by atoms with Crippen LogP contribution in [-0.2, 0) is 0 Å². The van der Waals surface area contributed by atoms with E-state index in [1.165, 1.54) is 19.3 Å². The van der Waals surface area contributed by atoms with Gasteiger partial charge in [-0.1, -0.05) is 43.9 Å². The Morgan fingerprint density at radius 3 is 2.58 bits per heavy atom. The van der Waals surface area contributed by atoms with Crippen molar-refractivity contribution in [2.24, 2.45) is 5.10 Å². The molecule has 128 valence electrons. The molecule has 0 aliphatic rings. The van der Waals surface area contributed by atoms with Crippen LogP contribution in [-0.4, -0.2) is 12.8 Å². The average Bonchev–Trinajstić information content (AvgIpc) is 2.59. The summed E-state index contributed by atoms with van der Waals surface area (Å²) in [6.45, 7) is 4.97. The van der Waals surface area contributed by atoms with Gasteiger partial charge in [0.25, 0.3) is 0 Å². The molecule has 3 nitrogen and oxygen atoms in total. The fourth-order valence-electron chi connectivity index (χ4n) is 2.21. The first-order valence-electron chi connectivity index (χ1n) is 8.47. The van der Waals surface area contributed by atoms with Crippen LogP contribution in [0, 0.1) is 6.92 Å². The highest BCUT2D eigenvalue weighted by Crippen LogP contribution is 2.20. The van der Waals surface area contributed by atoms with Gasteiger partial charge in [-0.3, -0.25) is 5.43 Å². The SMILES string of the molecule is CCCCCCOc1ccc(C=NNc2ccc(C)c(Cl)c2)cc1.